The molecule has 23 heavy (non-hydrogen) atoms. The van der Waals surface area contributed by atoms with E-state index in [0.717, 1.165) is 24.2 Å². The van der Waals surface area contributed by atoms with Crippen LogP contribution in [0.3, 0.4) is 0 Å². The van der Waals surface area contributed by atoms with Crippen LogP contribution >= 0.6 is 33.8 Å². The molecule has 1 aromatic rings. The Morgan fingerprint density at radius 2 is 2.00 bits per heavy atom. The third kappa shape index (κ3) is 6.61. The second-order valence-corrected chi connectivity index (χ2v) is 8.17. The van der Waals surface area contributed by atoms with Crippen molar-refractivity contribution in [3.8, 4) is 0 Å². The van der Waals surface area contributed by atoms with E-state index in [1.54, 1.807) is 26.5 Å². The zero-order chi connectivity index (χ0) is 16.5. The summed E-state index contributed by atoms with van der Waals surface area (Å²) in [4.78, 5) is 13.8. The number of hydrogen-bond donors (Lipinski definition) is 0. The third-order valence-corrected chi connectivity index (χ3v) is 5.60. The molecule has 0 aromatic heterocycles. The predicted octanol–water partition coefficient (Wildman–Crippen LogP) is 4.14. The van der Waals surface area contributed by atoms with Crippen LogP contribution in [0.4, 0.5) is 4.79 Å². The van der Waals surface area contributed by atoms with Gasteiger partial charge in [0.2, 0.25) is 0 Å². The molecule has 1 heterocycles. The van der Waals surface area contributed by atoms with Gasteiger partial charge in [0.15, 0.2) is 5.05 Å². The van der Waals surface area contributed by atoms with Gasteiger partial charge in [0.25, 0.3) is 0 Å². The van der Waals surface area contributed by atoms with E-state index < -0.39 is 0 Å². The minimum absolute atomic E-state index is 0.114. The first-order valence-electron chi connectivity index (χ1n) is 7.49. The summed E-state index contributed by atoms with van der Waals surface area (Å²) in [7, 11) is 3.36. The highest BCUT2D eigenvalue weighted by Crippen LogP contribution is 2.20. The zero-order valence-corrected chi connectivity index (χ0v) is 15.6. The van der Waals surface area contributed by atoms with Crippen LogP contribution < -0.4 is 0 Å². The van der Waals surface area contributed by atoms with Crippen molar-refractivity contribution in [1.82, 2.24) is 4.90 Å². The molecule has 0 radical (unpaired) electrons. The lowest BCUT2D eigenvalue weighted by Gasteiger charge is -2.31. The van der Waals surface area contributed by atoms with Crippen molar-refractivity contribution in [2.75, 3.05) is 25.1 Å². The molecule has 2 rings (SSSR count). The van der Waals surface area contributed by atoms with Crippen LogP contribution in [0.25, 0.3) is 0 Å². The molecule has 7 heteroatoms. The average Bonchev–Trinajstić information content (AvgIpc) is 2.59. The van der Waals surface area contributed by atoms with Crippen LogP contribution in [0.5, 0.6) is 0 Å². The Labute approximate surface area is 150 Å². The summed E-state index contributed by atoms with van der Waals surface area (Å²) in [5.41, 5.74) is 0.996. The van der Waals surface area contributed by atoms with Crippen molar-refractivity contribution in [2.24, 2.45) is 0 Å². The minimum Gasteiger partial charge on any atom is -0.483 e. The standard InChI is InChI=1S/C16H21NO3S3/c1-22-23-12-15(21)20-14-7-9-17(10-8-14)16(18)19-11-13-5-3-2-4-6-13/h2-6,14H,7-12H2,1H3. The number of hydrogen-bond acceptors (Lipinski definition) is 6. The van der Waals surface area contributed by atoms with Crippen molar-refractivity contribution in [2.45, 2.75) is 25.6 Å². The molecule has 0 atom stereocenters. The van der Waals surface area contributed by atoms with E-state index in [1.165, 1.54) is 0 Å². The van der Waals surface area contributed by atoms with Crippen LogP contribution in [0.15, 0.2) is 30.3 Å². The summed E-state index contributed by atoms with van der Waals surface area (Å²) in [5.74, 6) is 0.732. The van der Waals surface area contributed by atoms with E-state index in [1.807, 2.05) is 36.6 Å². The Kier molecular flexibility index (Phi) is 8.05. The highest BCUT2D eigenvalue weighted by atomic mass is 33.1. The maximum atomic E-state index is 12.1. The summed E-state index contributed by atoms with van der Waals surface area (Å²) in [6.07, 6.45) is 3.47. The SMILES string of the molecule is CSSCC(=S)OC1CCN(C(=O)OCc2ccccc2)CC1. The van der Waals surface area contributed by atoms with Gasteiger partial charge < -0.3 is 14.4 Å². The quantitative estimate of drug-likeness (QED) is 0.553. The van der Waals surface area contributed by atoms with Gasteiger partial charge in [0.1, 0.15) is 12.7 Å². The highest BCUT2D eigenvalue weighted by Gasteiger charge is 2.25. The molecule has 0 N–H and O–H groups in total. The third-order valence-electron chi connectivity index (χ3n) is 3.50. The fourth-order valence-electron chi connectivity index (χ4n) is 2.29. The predicted molar refractivity (Wildman–Crippen MR) is 101 cm³/mol. The normalized spacial score (nSPS) is 15.3. The van der Waals surface area contributed by atoms with Crippen LogP contribution in [0.2, 0.25) is 0 Å². The molecule has 0 spiro atoms. The van der Waals surface area contributed by atoms with Gasteiger partial charge in [-0.1, -0.05) is 51.9 Å². The number of carbonyl (C=O) groups excluding carboxylic acids is 1. The number of piperidine rings is 1. The van der Waals surface area contributed by atoms with E-state index in [-0.39, 0.29) is 12.2 Å². The Morgan fingerprint density at radius 3 is 2.65 bits per heavy atom. The molecule has 0 unspecified atom stereocenters. The molecule has 0 saturated carbocycles. The van der Waals surface area contributed by atoms with E-state index in [9.17, 15) is 4.79 Å². The summed E-state index contributed by atoms with van der Waals surface area (Å²) < 4.78 is 11.1. The monoisotopic (exact) mass is 371 g/mol. The topological polar surface area (TPSA) is 38.8 Å². The second-order valence-electron chi connectivity index (χ2n) is 5.15. The van der Waals surface area contributed by atoms with Gasteiger partial charge in [0, 0.05) is 25.9 Å². The average molecular weight is 372 g/mol. The number of nitrogens with zero attached hydrogens (tertiary/aromatic N) is 1. The summed E-state index contributed by atoms with van der Waals surface area (Å²) in [6, 6.07) is 9.70. The molecular formula is C16H21NO3S3. The molecule has 126 valence electrons. The first-order chi connectivity index (χ1) is 11.2. The van der Waals surface area contributed by atoms with Crippen molar-refractivity contribution < 1.29 is 14.3 Å². The van der Waals surface area contributed by atoms with Crippen molar-refractivity contribution in [1.29, 1.82) is 0 Å². The first-order valence-corrected chi connectivity index (χ1v) is 10.6. The molecule has 1 aromatic carbocycles. The van der Waals surface area contributed by atoms with Crippen molar-refractivity contribution in [3.05, 3.63) is 35.9 Å². The van der Waals surface area contributed by atoms with E-state index >= 15 is 0 Å². The second kappa shape index (κ2) is 10.1. The summed E-state index contributed by atoms with van der Waals surface area (Å²) in [6.45, 7) is 1.61. The molecule has 0 bridgehead atoms. The number of amides is 1. The molecular weight excluding hydrogens is 350 g/mol. The molecule has 1 aliphatic rings. The number of rotatable bonds is 6. The minimum atomic E-state index is -0.257. The van der Waals surface area contributed by atoms with Gasteiger partial charge in [-0.25, -0.2) is 4.79 Å². The Hall–Kier alpha value is -0.920. The maximum absolute atomic E-state index is 12.1. The molecule has 1 amide bonds. The molecule has 1 fully saturated rings. The Balaban J connectivity index is 1.67. The van der Waals surface area contributed by atoms with Gasteiger partial charge >= 0.3 is 6.09 Å². The molecule has 1 aliphatic heterocycles. The van der Waals surface area contributed by atoms with Crippen molar-refractivity contribution in [3.63, 3.8) is 0 Å². The first kappa shape index (κ1) is 18.4. The fourth-order valence-corrected chi connectivity index (χ4v) is 3.79. The number of thiocarbonyl (C=S) groups is 1. The lowest BCUT2D eigenvalue weighted by molar-refractivity contribution is 0.0614. The summed E-state index contributed by atoms with van der Waals surface area (Å²) in [5, 5.41) is 0.648. The largest absolute Gasteiger partial charge is 0.483 e. The van der Waals surface area contributed by atoms with Crippen LogP contribution in [0.1, 0.15) is 18.4 Å². The summed E-state index contributed by atoms with van der Waals surface area (Å²) >= 11 is 5.22. The van der Waals surface area contributed by atoms with Gasteiger partial charge in [-0.2, -0.15) is 0 Å². The number of ether oxygens (including phenoxy) is 2. The van der Waals surface area contributed by atoms with Crippen molar-refractivity contribution >= 4 is 44.9 Å². The maximum Gasteiger partial charge on any atom is 0.410 e. The number of carbonyl (C=O) groups is 1. The van der Waals surface area contributed by atoms with Crippen LogP contribution in [0, 0.1) is 0 Å². The van der Waals surface area contributed by atoms with Crippen LogP contribution in [-0.2, 0) is 16.1 Å². The van der Waals surface area contributed by atoms with Gasteiger partial charge in [-0.3, -0.25) is 0 Å². The van der Waals surface area contributed by atoms with Gasteiger partial charge in [0.05, 0.1) is 5.75 Å². The Morgan fingerprint density at radius 1 is 1.30 bits per heavy atom. The molecule has 1 saturated heterocycles. The zero-order valence-electron chi connectivity index (χ0n) is 13.1. The van der Waals surface area contributed by atoms with Crippen LogP contribution in [-0.4, -0.2) is 47.2 Å². The number of likely N-dealkylation sites (tertiary alicyclic amines) is 1. The smallest absolute Gasteiger partial charge is 0.410 e. The lowest BCUT2D eigenvalue weighted by Crippen LogP contribution is -2.41. The van der Waals surface area contributed by atoms with Gasteiger partial charge in [-0.15, -0.1) is 0 Å². The molecule has 0 aliphatic carbocycles. The fraction of sp³-hybridized carbons (Fsp3) is 0.500. The van der Waals surface area contributed by atoms with Gasteiger partial charge in [-0.05, 0) is 24.0 Å². The van der Waals surface area contributed by atoms with E-state index in [2.05, 4.69) is 0 Å². The van der Waals surface area contributed by atoms with E-state index in [4.69, 9.17) is 21.7 Å². The highest BCUT2D eigenvalue weighted by molar-refractivity contribution is 8.76. The molecule has 4 nitrogen and oxygen atoms in total. The lowest BCUT2D eigenvalue weighted by atomic mass is 10.1. The number of benzene rings is 1. The Bertz CT molecular complexity index is 505. The van der Waals surface area contributed by atoms with E-state index in [0.29, 0.717) is 24.7 Å².